The van der Waals surface area contributed by atoms with Crippen LogP contribution in [0.5, 0.6) is 0 Å². The van der Waals surface area contributed by atoms with Gasteiger partial charge in [-0.2, -0.15) is 0 Å². The number of fused-ring (bicyclic) bond motifs is 7. The van der Waals surface area contributed by atoms with E-state index < -0.39 is 0 Å². The highest BCUT2D eigenvalue weighted by Crippen LogP contribution is 2.43. The zero-order valence-corrected chi connectivity index (χ0v) is 27.4. The second kappa shape index (κ2) is 11.5. The maximum absolute atomic E-state index is 2.50. The summed E-state index contributed by atoms with van der Waals surface area (Å²) in [7, 11) is 0. The van der Waals surface area contributed by atoms with Gasteiger partial charge in [0.2, 0.25) is 0 Å². The molecule has 0 aliphatic rings. The van der Waals surface area contributed by atoms with Crippen molar-refractivity contribution >= 4 is 43.6 Å². The molecule has 10 aromatic rings. The van der Waals surface area contributed by atoms with Gasteiger partial charge in [0.1, 0.15) is 0 Å². The average molecular weight is 637 g/mol. The van der Waals surface area contributed by atoms with E-state index in [2.05, 4.69) is 203 Å². The normalized spacial score (nSPS) is 11.6. The minimum atomic E-state index is 1.14. The molecule has 2 aromatic heterocycles. The molecule has 0 fully saturated rings. The van der Waals surface area contributed by atoms with Crippen molar-refractivity contribution in [1.82, 2.24) is 9.13 Å². The van der Waals surface area contributed by atoms with E-state index in [9.17, 15) is 0 Å². The van der Waals surface area contributed by atoms with Crippen LogP contribution in [0, 0.1) is 0 Å². The summed E-state index contributed by atoms with van der Waals surface area (Å²) in [6, 6.07) is 70.4. The SMILES string of the molecule is c1ccc(-c2cc(-c3ccccc3)cc(-n3c4ccccc4c4ccc5c6cc(-c7ccccc7)ccc6n(-c6ccccc6)c5c43)c2)cc1. The monoisotopic (exact) mass is 636 g/mol. The molecule has 8 aromatic carbocycles. The van der Waals surface area contributed by atoms with Crippen LogP contribution in [-0.4, -0.2) is 9.13 Å². The van der Waals surface area contributed by atoms with Crippen LogP contribution in [0.15, 0.2) is 194 Å². The number of aromatic nitrogens is 2. The minimum absolute atomic E-state index is 1.14. The summed E-state index contributed by atoms with van der Waals surface area (Å²) in [6.45, 7) is 0. The summed E-state index contributed by atoms with van der Waals surface area (Å²) < 4.78 is 4.97. The second-order valence-electron chi connectivity index (χ2n) is 13.0. The molecule has 2 heteroatoms. The fraction of sp³-hybridized carbons (Fsp3) is 0. The van der Waals surface area contributed by atoms with Crippen LogP contribution in [0.25, 0.3) is 88.4 Å². The molecule has 0 saturated carbocycles. The van der Waals surface area contributed by atoms with E-state index in [4.69, 9.17) is 0 Å². The Bertz CT molecular complexity index is 2770. The van der Waals surface area contributed by atoms with E-state index in [1.54, 1.807) is 0 Å². The van der Waals surface area contributed by atoms with Crippen molar-refractivity contribution in [2.75, 3.05) is 0 Å². The van der Waals surface area contributed by atoms with Gasteiger partial charge in [-0.3, -0.25) is 0 Å². The molecule has 0 N–H and O–H groups in total. The second-order valence-corrected chi connectivity index (χ2v) is 13.0. The van der Waals surface area contributed by atoms with Gasteiger partial charge in [-0.25, -0.2) is 0 Å². The average Bonchev–Trinajstić information content (AvgIpc) is 3.72. The fourth-order valence-corrected chi connectivity index (χ4v) is 7.81. The van der Waals surface area contributed by atoms with Gasteiger partial charge in [0.25, 0.3) is 0 Å². The topological polar surface area (TPSA) is 9.86 Å². The molecular weight excluding hydrogens is 605 g/mol. The highest BCUT2D eigenvalue weighted by atomic mass is 15.0. The van der Waals surface area contributed by atoms with Gasteiger partial charge < -0.3 is 9.13 Å². The predicted octanol–water partition coefficient (Wildman–Crippen LogP) is 12.9. The maximum atomic E-state index is 2.50. The van der Waals surface area contributed by atoms with Crippen molar-refractivity contribution in [2.45, 2.75) is 0 Å². The Morgan fingerprint density at radius 2 is 0.700 bits per heavy atom. The minimum Gasteiger partial charge on any atom is -0.307 e. The van der Waals surface area contributed by atoms with Crippen LogP contribution in [-0.2, 0) is 0 Å². The molecule has 2 heterocycles. The molecule has 0 spiro atoms. The molecule has 234 valence electrons. The van der Waals surface area contributed by atoms with E-state index in [1.807, 2.05) is 0 Å². The molecule has 0 aliphatic carbocycles. The third-order valence-electron chi connectivity index (χ3n) is 10.1. The number of nitrogens with zero attached hydrogens (tertiary/aromatic N) is 2. The van der Waals surface area contributed by atoms with Gasteiger partial charge >= 0.3 is 0 Å². The van der Waals surface area contributed by atoms with Gasteiger partial charge in [-0.1, -0.05) is 146 Å². The van der Waals surface area contributed by atoms with E-state index in [-0.39, 0.29) is 0 Å². The Labute approximate surface area is 290 Å². The molecule has 0 radical (unpaired) electrons. The van der Waals surface area contributed by atoms with Crippen LogP contribution in [0.4, 0.5) is 0 Å². The first-order chi connectivity index (χ1) is 24.8. The standard InChI is InChI=1S/C48H32N2/c1-5-15-33(16-6-1)36-25-28-46-44(32-36)43-27-26-42-41-23-13-14-24-45(41)50(47(42)48(43)49(46)39-21-11-4-12-22-39)40-30-37(34-17-7-2-8-18-34)29-38(31-40)35-19-9-3-10-20-35/h1-32H. The fourth-order valence-electron chi connectivity index (χ4n) is 7.81. The summed E-state index contributed by atoms with van der Waals surface area (Å²) in [5.74, 6) is 0. The van der Waals surface area contributed by atoms with Gasteiger partial charge in [-0.15, -0.1) is 0 Å². The number of rotatable bonds is 5. The predicted molar refractivity (Wildman–Crippen MR) is 211 cm³/mol. The van der Waals surface area contributed by atoms with Crippen LogP contribution >= 0.6 is 0 Å². The number of hydrogen-bond donors (Lipinski definition) is 0. The first-order valence-electron chi connectivity index (χ1n) is 17.2. The van der Waals surface area contributed by atoms with Crippen molar-refractivity contribution in [3.8, 4) is 44.8 Å². The number of hydrogen-bond acceptors (Lipinski definition) is 0. The lowest BCUT2D eigenvalue weighted by molar-refractivity contribution is 1.15. The molecule has 0 bridgehead atoms. The lowest BCUT2D eigenvalue weighted by Gasteiger charge is -2.15. The molecule has 10 rings (SSSR count). The highest BCUT2D eigenvalue weighted by molar-refractivity contribution is 6.24. The molecule has 0 amide bonds. The van der Waals surface area contributed by atoms with Gasteiger partial charge in [0, 0.05) is 32.9 Å². The first kappa shape index (κ1) is 28.4. The molecule has 2 nitrogen and oxygen atoms in total. The first-order valence-corrected chi connectivity index (χ1v) is 17.2. The van der Waals surface area contributed by atoms with Crippen LogP contribution in [0.1, 0.15) is 0 Å². The number of benzene rings is 8. The Hall–Kier alpha value is -6.64. The summed E-state index contributed by atoms with van der Waals surface area (Å²) in [5.41, 5.74) is 14.3. The summed E-state index contributed by atoms with van der Waals surface area (Å²) >= 11 is 0. The Morgan fingerprint density at radius 1 is 0.240 bits per heavy atom. The molecule has 50 heavy (non-hydrogen) atoms. The lowest BCUT2D eigenvalue weighted by atomic mass is 9.98. The Kier molecular flexibility index (Phi) is 6.53. The third-order valence-corrected chi connectivity index (χ3v) is 10.1. The molecule has 0 unspecified atom stereocenters. The van der Waals surface area contributed by atoms with Crippen molar-refractivity contribution in [1.29, 1.82) is 0 Å². The largest absolute Gasteiger partial charge is 0.307 e. The van der Waals surface area contributed by atoms with E-state index in [1.165, 1.54) is 77.0 Å². The Balaban J connectivity index is 1.37. The van der Waals surface area contributed by atoms with Crippen LogP contribution in [0.2, 0.25) is 0 Å². The summed E-state index contributed by atoms with van der Waals surface area (Å²) in [4.78, 5) is 0. The van der Waals surface area contributed by atoms with Crippen molar-refractivity contribution in [3.05, 3.63) is 194 Å². The van der Waals surface area contributed by atoms with Gasteiger partial charge in [0.15, 0.2) is 0 Å². The van der Waals surface area contributed by atoms with E-state index in [0.717, 1.165) is 11.4 Å². The van der Waals surface area contributed by atoms with Crippen molar-refractivity contribution < 1.29 is 0 Å². The van der Waals surface area contributed by atoms with E-state index in [0.29, 0.717) is 0 Å². The smallest absolute Gasteiger partial charge is 0.0788 e. The lowest BCUT2D eigenvalue weighted by Crippen LogP contribution is -1.99. The van der Waals surface area contributed by atoms with Crippen LogP contribution in [0.3, 0.4) is 0 Å². The highest BCUT2D eigenvalue weighted by Gasteiger charge is 2.22. The molecule has 0 aliphatic heterocycles. The van der Waals surface area contributed by atoms with E-state index >= 15 is 0 Å². The third kappa shape index (κ3) is 4.50. The van der Waals surface area contributed by atoms with Crippen molar-refractivity contribution in [2.24, 2.45) is 0 Å². The maximum Gasteiger partial charge on any atom is 0.0788 e. The summed E-state index contributed by atoms with van der Waals surface area (Å²) in [5, 5.41) is 4.96. The molecule has 0 atom stereocenters. The zero-order chi connectivity index (χ0) is 33.0. The van der Waals surface area contributed by atoms with Crippen molar-refractivity contribution in [3.63, 3.8) is 0 Å². The van der Waals surface area contributed by atoms with Crippen LogP contribution < -0.4 is 0 Å². The molecule has 0 saturated heterocycles. The Morgan fingerprint density at radius 3 is 1.30 bits per heavy atom. The quantitative estimate of drug-likeness (QED) is 0.178. The summed E-state index contributed by atoms with van der Waals surface area (Å²) in [6.07, 6.45) is 0. The molecular formula is C48H32N2. The van der Waals surface area contributed by atoms with Gasteiger partial charge in [0.05, 0.1) is 22.1 Å². The zero-order valence-electron chi connectivity index (χ0n) is 27.4. The number of para-hydroxylation sites is 2. The van der Waals surface area contributed by atoms with Gasteiger partial charge in [-0.05, 0) is 81.9 Å².